The normalized spacial score (nSPS) is 14.1. The molecule has 2 heterocycles. The molecule has 2 unspecified atom stereocenters. The van der Waals surface area contributed by atoms with Gasteiger partial charge >= 0.3 is 0 Å². The van der Waals surface area contributed by atoms with Gasteiger partial charge in [-0.3, -0.25) is 0 Å². The maximum absolute atomic E-state index is 2.37. The van der Waals surface area contributed by atoms with Crippen molar-refractivity contribution in [2.75, 3.05) is 0 Å². The van der Waals surface area contributed by atoms with Crippen LogP contribution in [0.2, 0.25) is 0 Å². The van der Waals surface area contributed by atoms with E-state index in [4.69, 9.17) is 0 Å². The first-order valence-corrected chi connectivity index (χ1v) is 8.48. The van der Waals surface area contributed by atoms with Crippen molar-refractivity contribution in [3.8, 4) is 0 Å². The summed E-state index contributed by atoms with van der Waals surface area (Å²) in [4.78, 5) is 0. The van der Waals surface area contributed by atoms with Crippen LogP contribution in [0.1, 0.15) is 0 Å². The second-order valence-corrected chi connectivity index (χ2v) is 7.79. The lowest BCUT2D eigenvalue weighted by atomic mass is 10.2. The third kappa shape index (κ3) is 1.02. The zero-order valence-corrected chi connectivity index (χ0v) is 10.1. The van der Waals surface area contributed by atoms with Gasteiger partial charge < -0.3 is 0 Å². The fraction of sp³-hybridized carbons (Fsp3) is 0.167. The molecule has 2 aromatic heterocycles. The standard InChI is InChI=1S/C12H12P2/c1-13-7-5-9-10-6-8-14(2)12(10)4-3-11(9)13/h3-8H,1-2H3. The molecule has 0 bridgehead atoms. The van der Waals surface area contributed by atoms with E-state index in [0.29, 0.717) is 0 Å². The first-order chi connectivity index (χ1) is 6.77. The van der Waals surface area contributed by atoms with Gasteiger partial charge in [-0.15, -0.1) is 15.1 Å². The zero-order valence-electron chi connectivity index (χ0n) is 8.36. The fourth-order valence-electron chi connectivity index (χ4n) is 2.11. The Labute approximate surface area is 85.7 Å². The average Bonchev–Trinajstić information content (AvgIpc) is 2.72. The molecule has 2 heteroatoms. The minimum absolute atomic E-state index is 0.00891. The van der Waals surface area contributed by atoms with Gasteiger partial charge in [0.15, 0.2) is 0 Å². The Hall–Kier alpha value is -0.700. The SMILES string of the molecule is Cp1ccc2c3ccp(C)c3ccc21. The molecule has 0 nitrogen and oxygen atoms in total. The van der Waals surface area contributed by atoms with Gasteiger partial charge in [0.2, 0.25) is 0 Å². The van der Waals surface area contributed by atoms with Crippen LogP contribution in [-0.4, -0.2) is 0 Å². The Bertz CT molecular complexity index is 558. The third-order valence-corrected chi connectivity index (χ3v) is 6.42. The van der Waals surface area contributed by atoms with Crippen molar-refractivity contribution in [1.82, 2.24) is 0 Å². The highest BCUT2D eigenvalue weighted by Crippen LogP contribution is 2.44. The Morgan fingerprint density at radius 1 is 0.714 bits per heavy atom. The molecular formula is C12H12P2. The molecule has 0 saturated heterocycles. The molecule has 0 aliphatic carbocycles. The lowest BCUT2D eigenvalue weighted by molar-refractivity contribution is 2.03. The quantitative estimate of drug-likeness (QED) is 0.495. The smallest absolute Gasteiger partial charge is 0.00156 e. The van der Waals surface area contributed by atoms with E-state index in [1.54, 1.807) is 10.2 Å². The minimum Gasteiger partial charge on any atom is -0.120 e. The highest BCUT2D eigenvalue weighted by atomic mass is 31.1. The topological polar surface area (TPSA) is 0 Å². The van der Waals surface area contributed by atoms with Gasteiger partial charge in [-0.25, -0.2) is 0 Å². The summed E-state index contributed by atoms with van der Waals surface area (Å²) in [7, 11) is -0.0178. The summed E-state index contributed by atoms with van der Waals surface area (Å²) in [5.41, 5.74) is 0. The first-order valence-electron chi connectivity index (χ1n) is 4.76. The lowest BCUT2D eigenvalue weighted by Gasteiger charge is -1.96. The second-order valence-electron chi connectivity index (χ2n) is 3.78. The van der Waals surface area contributed by atoms with Crippen LogP contribution < -0.4 is 0 Å². The molecular weight excluding hydrogens is 206 g/mol. The molecule has 0 spiro atoms. The van der Waals surface area contributed by atoms with Crippen molar-refractivity contribution >= 4 is 36.1 Å². The molecule has 0 aliphatic rings. The van der Waals surface area contributed by atoms with E-state index in [1.807, 2.05) is 0 Å². The van der Waals surface area contributed by atoms with E-state index in [9.17, 15) is 0 Å². The van der Waals surface area contributed by atoms with Crippen molar-refractivity contribution in [2.45, 2.75) is 0 Å². The van der Waals surface area contributed by atoms with Crippen LogP contribution in [0.15, 0.2) is 35.9 Å². The van der Waals surface area contributed by atoms with Crippen molar-refractivity contribution < 1.29 is 0 Å². The summed E-state index contributed by atoms with van der Waals surface area (Å²) >= 11 is 0. The summed E-state index contributed by atoms with van der Waals surface area (Å²) < 4.78 is 0. The van der Waals surface area contributed by atoms with Crippen LogP contribution in [0.25, 0.3) is 21.0 Å². The van der Waals surface area contributed by atoms with Crippen molar-refractivity contribution in [1.29, 1.82) is 0 Å². The van der Waals surface area contributed by atoms with E-state index in [2.05, 4.69) is 49.2 Å². The van der Waals surface area contributed by atoms with Crippen molar-refractivity contribution in [2.24, 2.45) is 13.3 Å². The van der Waals surface area contributed by atoms with E-state index in [1.165, 1.54) is 10.8 Å². The number of benzene rings is 1. The predicted octanol–water partition coefficient (Wildman–Crippen LogP) is 5.04. The molecule has 3 aromatic rings. The van der Waals surface area contributed by atoms with Crippen LogP contribution in [-0.2, 0) is 13.3 Å². The summed E-state index contributed by atoms with van der Waals surface area (Å²) in [5, 5.41) is 6.13. The number of hydrogen-bond donors (Lipinski definition) is 0. The van der Waals surface area contributed by atoms with Gasteiger partial charge in [-0.2, -0.15) is 0 Å². The van der Waals surface area contributed by atoms with Gasteiger partial charge in [0, 0.05) is 10.2 Å². The van der Waals surface area contributed by atoms with Crippen LogP contribution in [0, 0.1) is 0 Å². The fourth-order valence-corrected chi connectivity index (χ4v) is 4.95. The molecule has 3 rings (SSSR count). The molecule has 0 radical (unpaired) electrons. The number of aryl methyl sites for hydroxylation is 2. The van der Waals surface area contributed by atoms with E-state index >= 15 is 0 Å². The summed E-state index contributed by atoms with van der Waals surface area (Å²) in [5.74, 6) is 4.73. The molecule has 2 atom stereocenters. The Balaban J connectivity index is 2.62. The Morgan fingerprint density at radius 2 is 1.14 bits per heavy atom. The minimum atomic E-state index is -0.00891. The molecule has 0 fully saturated rings. The molecule has 70 valence electrons. The first kappa shape index (κ1) is 8.60. The van der Waals surface area contributed by atoms with Crippen molar-refractivity contribution in [3.63, 3.8) is 0 Å². The van der Waals surface area contributed by atoms with Crippen LogP contribution in [0.5, 0.6) is 0 Å². The molecule has 0 saturated carbocycles. The monoisotopic (exact) mass is 218 g/mol. The highest BCUT2D eigenvalue weighted by Gasteiger charge is 2.05. The maximum atomic E-state index is 2.37. The van der Waals surface area contributed by atoms with Gasteiger partial charge in [-0.1, -0.05) is 0 Å². The Kier molecular flexibility index (Phi) is 1.78. The highest BCUT2D eigenvalue weighted by molar-refractivity contribution is 7.54. The maximum Gasteiger partial charge on any atom is 0.00156 e. The van der Waals surface area contributed by atoms with Crippen LogP contribution in [0.4, 0.5) is 0 Å². The third-order valence-electron chi connectivity index (χ3n) is 2.93. The largest absolute Gasteiger partial charge is 0.120 e. The average molecular weight is 218 g/mol. The van der Waals surface area contributed by atoms with Crippen molar-refractivity contribution in [3.05, 3.63) is 35.9 Å². The Morgan fingerprint density at radius 3 is 1.57 bits per heavy atom. The summed E-state index contributed by atoms with van der Waals surface area (Å²) in [6, 6.07) is 9.31. The van der Waals surface area contributed by atoms with E-state index in [-0.39, 0.29) is 15.1 Å². The molecule has 0 N–H and O–H groups in total. The molecule has 14 heavy (non-hydrogen) atoms. The van der Waals surface area contributed by atoms with E-state index in [0.717, 1.165) is 0 Å². The van der Waals surface area contributed by atoms with Gasteiger partial charge in [0.1, 0.15) is 0 Å². The van der Waals surface area contributed by atoms with Gasteiger partial charge in [-0.05, 0) is 60.0 Å². The second kappa shape index (κ2) is 2.89. The molecule has 0 aliphatic heterocycles. The van der Waals surface area contributed by atoms with Crippen LogP contribution in [0.3, 0.4) is 0 Å². The van der Waals surface area contributed by atoms with E-state index < -0.39 is 0 Å². The summed E-state index contributed by atoms with van der Waals surface area (Å²) in [6.07, 6.45) is 0. The van der Waals surface area contributed by atoms with Gasteiger partial charge in [0.25, 0.3) is 0 Å². The van der Waals surface area contributed by atoms with Gasteiger partial charge in [0.05, 0.1) is 0 Å². The number of hydrogen-bond acceptors (Lipinski definition) is 0. The molecule has 1 aromatic carbocycles. The number of fused-ring (bicyclic) bond motifs is 3. The van der Waals surface area contributed by atoms with Crippen LogP contribution >= 0.6 is 15.1 Å². The lowest BCUT2D eigenvalue weighted by Crippen LogP contribution is -1.64. The zero-order chi connectivity index (χ0) is 9.71. The number of rotatable bonds is 0. The predicted molar refractivity (Wildman–Crippen MR) is 68.8 cm³/mol. The summed E-state index contributed by atoms with van der Waals surface area (Å²) in [6.45, 7) is 4.66. The molecule has 0 amide bonds.